The number of nitrogens with zero attached hydrogens (tertiary/aromatic N) is 2. The zero-order valence-electron chi connectivity index (χ0n) is 8.74. The van der Waals surface area contributed by atoms with E-state index in [1.165, 1.54) is 4.90 Å². The summed E-state index contributed by atoms with van der Waals surface area (Å²) in [5.41, 5.74) is 0. The molecule has 6 nitrogen and oxygen atoms in total. The van der Waals surface area contributed by atoms with Gasteiger partial charge >= 0.3 is 0 Å². The van der Waals surface area contributed by atoms with Gasteiger partial charge < -0.3 is 14.9 Å². The first-order valence-electron chi connectivity index (χ1n) is 4.66. The Morgan fingerprint density at radius 2 is 2.07 bits per heavy atom. The average molecular weight is 236 g/mol. The maximum atomic E-state index is 11.1. The summed E-state index contributed by atoms with van der Waals surface area (Å²) in [5, 5.41) is 8.11. The Balaban J connectivity index is 2.92. The number of aliphatic hydroxyl groups excluding tert-OH is 1. The first-order chi connectivity index (χ1) is 6.91. The highest BCUT2D eigenvalue weighted by molar-refractivity contribution is 7.86. The van der Waals surface area contributed by atoms with Gasteiger partial charge in [-0.3, -0.25) is 4.55 Å². The molecule has 1 heterocycles. The number of hydrogen-bond donors (Lipinski definition) is 2. The van der Waals surface area contributed by atoms with Crippen molar-refractivity contribution in [2.45, 2.75) is 24.9 Å². The molecule has 0 amide bonds. The molecule has 2 N–H and O–H groups in total. The van der Waals surface area contributed by atoms with Gasteiger partial charge in [0.1, 0.15) is 6.17 Å². The molecule has 0 aromatic rings. The second kappa shape index (κ2) is 4.38. The third-order valence-electron chi connectivity index (χ3n) is 2.48. The molecule has 88 valence electrons. The summed E-state index contributed by atoms with van der Waals surface area (Å²) in [5.74, 6) is 0. The van der Waals surface area contributed by atoms with Gasteiger partial charge in [0.25, 0.3) is 10.1 Å². The van der Waals surface area contributed by atoms with Crippen molar-refractivity contribution in [2.24, 2.45) is 0 Å². The highest BCUT2D eigenvalue weighted by atomic mass is 32.2. The third kappa shape index (κ3) is 2.42. The predicted octanol–water partition coefficient (Wildman–Crippen LogP) is -0.353. The zero-order chi connectivity index (χ0) is 11.6. The van der Waals surface area contributed by atoms with Crippen LogP contribution in [0.3, 0.4) is 0 Å². The Kier molecular flexibility index (Phi) is 3.58. The number of rotatable bonds is 4. The minimum absolute atomic E-state index is 0.199. The van der Waals surface area contributed by atoms with E-state index >= 15 is 0 Å². The van der Waals surface area contributed by atoms with Crippen LogP contribution in [0.4, 0.5) is 0 Å². The molecule has 15 heavy (non-hydrogen) atoms. The normalized spacial score (nSPS) is 23.6. The van der Waals surface area contributed by atoms with Crippen molar-refractivity contribution in [1.29, 1.82) is 0 Å². The van der Waals surface area contributed by atoms with E-state index in [0.29, 0.717) is 0 Å². The van der Waals surface area contributed by atoms with Gasteiger partial charge in [-0.1, -0.05) is 6.92 Å². The topological polar surface area (TPSA) is 81.1 Å². The van der Waals surface area contributed by atoms with Crippen LogP contribution in [0, 0.1) is 0 Å². The van der Waals surface area contributed by atoms with Gasteiger partial charge in [-0.25, -0.2) is 0 Å². The molecule has 2 atom stereocenters. The summed E-state index contributed by atoms with van der Waals surface area (Å²) in [6.07, 6.45) is 3.04. The van der Waals surface area contributed by atoms with Crippen molar-refractivity contribution in [3.8, 4) is 0 Å². The van der Waals surface area contributed by atoms with Gasteiger partial charge in [0, 0.05) is 19.4 Å². The van der Waals surface area contributed by atoms with Crippen molar-refractivity contribution >= 4 is 10.1 Å². The number of hydrogen-bond acceptors (Lipinski definition) is 5. The van der Waals surface area contributed by atoms with E-state index in [1.54, 1.807) is 31.3 Å². The Morgan fingerprint density at radius 3 is 2.47 bits per heavy atom. The van der Waals surface area contributed by atoms with Gasteiger partial charge in [-0.05, 0) is 6.42 Å². The molecule has 0 fully saturated rings. The lowest BCUT2D eigenvalue weighted by molar-refractivity contribution is 0.0855. The summed E-state index contributed by atoms with van der Waals surface area (Å²) >= 11 is 0. The van der Waals surface area contributed by atoms with Crippen LogP contribution in [0.15, 0.2) is 12.4 Å². The molecule has 0 aromatic carbocycles. The van der Waals surface area contributed by atoms with Crippen LogP contribution in [0.2, 0.25) is 0 Å². The maximum Gasteiger partial charge on any atom is 0.286 e. The van der Waals surface area contributed by atoms with Crippen LogP contribution in [-0.2, 0) is 10.1 Å². The molecular formula is C8H16N2O4S. The van der Waals surface area contributed by atoms with E-state index in [1.807, 2.05) is 0 Å². The molecule has 1 rings (SSSR count). The molecule has 0 saturated heterocycles. The highest BCUT2D eigenvalue weighted by Crippen LogP contribution is 2.21. The Morgan fingerprint density at radius 1 is 1.47 bits per heavy atom. The van der Waals surface area contributed by atoms with E-state index in [9.17, 15) is 8.42 Å². The molecule has 1 aliphatic rings. The van der Waals surface area contributed by atoms with Crippen molar-refractivity contribution in [3.05, 3.63) is 12.4 Å². The molecule has 0 aromatic heterocycles. The summed E-state index contributed by atoms with van der Waals surface area (Å²) in [6, 6.07) is 0. The molecule has 0 saturated carbocycles. The van der Waals surface area contributed by atoms with Crippen molar-refractivity contribution in [1.82, 2.24) is 9.80 Å². The Hall–Kier alpha value is -0.790. The molecular weight excluding hydrogens is 220 g/mol. The van der Waals surface area contributed by atoms with E-state index in [0.717, 1.165) is 0 Å². The smallest absolute Gasteiger partial charge is 0.286 e. The summed E-state index contributed by atoms with van der Waals surface area (Å²) in [4.78, 5) is 3.13. The van der Waals surface area contributed by atoms with E-state index in [-0.39, 0.29) is 13.0 Å². The second-order valence-corrected chi connectivity index (χ2v) is 5.03. The lowest BCUT2D eigenvalue weighted by Crippen LogP contribution is -2.47. The average Bonchev–Trinajstić information content (AvgIpc) is 2.46. The quantitative estimate of drug-likeness (QED) is 0.649. The summed E-state index contributed by atoms with van der Waals surface area (Å²) in [7, 11) is -2.40. The molecule has 0 spiro atoms. The van der Waals surface area contributed by atoms with E-state index in [4.69, 9.17) is 9.66 Å². The second-order valence-electron chi connectivity index (χ2n) is 3.45. The van der Waals surface area contributed by atoms with E-state index in [2.05, 4.69) is 0 Å². The van der Waals surface area contributed by atoms with Gasteiger partial charge in [0.2, 0.25) is 0 Å². The maximum absolute atomic E-state index is 11.1. The number of likely N-dealkylation sites (N-methyl/N-ethyl adjacent to an activating group) is 1. The van der Waals surface area contributed by atoms with Gasteiger partial charge in [-0.15, -0.1) is 0 Å². The van der Waals surface area contributed by atoms with Crippen molar-refractivity contribution in [3.63, 3.8) is 0 Å². The summed E-state index contributed by atoms with van der Waals surface area (Å²) < 4.78 is 31.2. The number of aliphatic hydroxyl groups is 1. The fourth-order valence-electron chi connectivity index (χ4n) is 1.68. The first-order valence-corrected chi connectivity index (χ1v) is 6.17. The molecule has 7 heteroatoms. The zero-order valence-corrected chi connectivity index (χ0v) is 9.55. The van der Waals surface area contributed by atoms with Crippen molar-refractivity contribution in [2.75, 3.05) is 13.7 Å². The van der Waals surface area contributed by atoms with Crippen molar-refractivity contribution < 1.29 is 18.1 Å². The third-order valence-corrected chi connectivity index (χ3v) is 3.74. The van der Waals surface area contributed by atoms with Crippen LogP contribution < -0.4 is 0 Å². The van der Waals surface area contributed by atoms with Crippen LogP contribution in [0.25, 0.3) is 0 Å². The Bertz CT molecular complexity index is 341. The first kappa shape index (κ1) is 12.3. The monoisotopic (exact) mass is 236 g/mol. The van der Waals surface area contributed by atoms with Gasteiger partial charge in [0.05, 0.1) is 6.61 Å². The SMILES string of the molecule is CCC(N1C=CN(C)C1CO)S(=O)(=O)O. The standard InChI is InChI=1S/C8H16N2O4S/c1-3-8(15(12,13)14)10-5-4-9(2)7(10)6-11/h4-5,7-8,11H,3,6H2,1-2H3,(H,12,13,14). The molecule has 1 aliphatic heterocycles. The van der Waals surface area contributed by atoms with Crippen LogP contribution >= 0.6 is 0 Å². The van der Waals surface area contributed by atoms with Crippen LogP contribution in [0.5, 0.6) is 0 Å². The predicted molar refractivity (Wildman–Crippen MR) is 55.2 cm³/mol. The lowest BCUT2D eigenvalue weighted by Gasteiger charge is -2.33. The Labute approximate surface area is 89.5 Å². The molecule has 0 bridgehead atoms. The minimum Gasteiger partial charge on any atom is -0.392 e. The van der Waals surface area contributed by atoms with Crippen LogP contribution in [-0.4, -0.2) is 53.1 Å². The van der Waals surface area contributed by atoms with Gasteiger partial charge in [0.15, 0.2) is 5.37 Å². The van der Waals surface area contributed by atoms with E-state index < -0.39 is 21.7 Å². The largest absolute Gasteiger partial charge is 0.392 e. The molecule has 0 radical (unpaired) electrons. The molecule has 2 unspecified atom stereocenters. The fourth-order valence-corrected chi connectivity index (χ4v) is 2.62. The van der Waals surface area contributed by atoms with Gasteiger partial charge in [-0.2, -0.15) is 8.42 Å². The van der Waals surface area contributed by atoms with Crippen LogP contribution in [0.1, 0.15) is 13.3 Å². The minimum atomic E-state index is -4.13. The highest BCUT2D eigenvalue weighted by Gasteiger charge is 2.34. The summed E-state index contributed by atoms with van der Waals surface area (Å²) in [6.45, 7) is 1.47. The fraction of sp³-hybridized carbons (Fsp3) is 0.750. The molecule has 0 aliphatic carbocycles. The lowest BCUT2D eigenvalue weighted by atomic mass is 10.4.